The van der Waals surface area contributed by atoms with Crippen molar-refractivity contribution in [1.82, 2.24) is 5.43 Å². The van der Waals surface area contributed by atoms with E-state index in [-0.39, 0.29) is 0 Å². The lowest BCUT2D eigenvalue weighted by molar-refractivity contribution is 0.0529. The third kappa shape index (κ3) is 5.31. The van der Waals surface area contributed by atoms with Gasteiger partial charge in [0.25, 0.3) is 0 Å². The van der Waals surface area contributed by atoms with Crippen LogP contribution in [0.1, 0.15) is 33.3 Å². The van der Waals surface area contributed by atoms with Gasteiger partial charge in [0.05, 0.1) is 5.71 Å². The average molecular weight is 313 g/mol. The highest BCUT2D eigenvalue weighted by Gasteiger charge is 2.15. The minimum Gasteiger partial charge on any atom is -0.443 e. The van der Waals surface area contributed by atoms with Gasteiger partial charge in [-0.05, 0) is 45.4 Å². The van der Waals surface area contributed by atoms with Gasteiger partial charge in [0.1, 0.15) is 5.60 Å². The maximum absolute atomic E-state index is 11.4. The van der Waals surface area contributed by atoms with E-state index >= 15 is 0 Å². The molecule has 1 aromatic carbocycles. The molecule has 0 aliphatic carbocycles. The Morgan fingerprint density at radius 3 is 2.61 bits per heavy atom. The zero-order valence-electron chi connectivity index (χ0n) is 11.0. The Hall–Kier alpha value is -1.36. The maximum Gasteiger partial charge on any atom is 0.428 e. The Labute approximate surface area is 116 Å². The van der Waals surface area contributed by atoms with Gasteiger partial charge in [-0.1, -0.05) is 28.1 Å². The summed E-state index contributed by atoms with van der Waals surface area (Å²) in [6.45, 7) is 7.23. The molecule has 0 heterocycles. The smallest absolute Gasteiger partial charge is 0.428 e. The number of hydrogen-bond donors (Lipinski definition) is 1. The van der Waals surface area contributed by atoms with Crippen molar-refractivity contribution in [3.8, 4) is 0 Å². The van der Waals surface area contributed by atoms with Gasteiger partial charge >= 0.3 is 6.09 Å². The molecule has 0 atom stereocenters. The van der Waals surface area contributed by atoms with Crippen molar-refractivity contribution in [3.05, 3.63) is 34.3 Å². The normalized spacial score (nSPS) is 12.2. The number of carbonyl (C=O) groups excluding carboxylic acids is 1. The molecule has 0 radical (unpaired) electrons. The van der Waals surface area contributed by atoms with E-state index < -0.39 is 11.7 Å². The van der Waals surface area contributed by atoms with E-state index in [4.69, 9.17) is 4.74 Å². The van der Waals surface area contributed by atoms with Gasteiger partial charge in [-0.3, -0.25) is 0 Å². The highest BCUT2D eigenvalue weighted by molar-refractivity contribution is 9.10. The Bertz CT molecular complexity index is 464. The number of ether oxygens (including phenoxy) is 1. The summed E-state index contributed by atoms with van der Waals surface area (Å²) in [6, 6.07) is 7.68. The highest BCUT2D eigenvalue weighted by Crippen LogP contribution is 2.12. The summed E-state index contributed by atoms with van der Waals surface area (Å²) in [4.78, 5) is 11.4. The van der Waals surface area contributed by atoms with Crippen LogP contribution in [-0.2, 0) is 4.74 Å². The van der Waals surface area contributed by atoms with Crippen molar-refractivity contribution in [2.24, 2.45) is 5.10 Å². The molecule has 0 fully saturated rings. The van der Waals surface area contributed by atoms with Crippen LogP contribution in [0.4, 0.5) is 4.79 Å². The minimum absolute atomic E-state index is 0.525. The number of halogens is 1. The summed E-state index contributed by atoms with van der Waals surface area (Å²) in [5.74, 6) is 0. The molecule has 1 rings (SSSR count). The van der Waals surface area contributed by atoms with E-state index in [1.165, 1.54) is 0 Å². The van der Waals surface area contributed by atoms with E-state index in [1.54, 1.807) is 20.8 Å². The van der Waals surface area contributed by atoms with Crippen LogP contribution < -0.4 is 5.43 Å². The monoisotopic (exact) mass is 312 g/mol. The van der Waals surface area contributed by atoms with Gasteiger partial charge in [-0.15, -0.1) is 0 Å². The topological polar surface area (TPSA) is 50.7 Å². The molecular formula is C13H17BrN2O2. The number of hydrogen-bond acceptors (Lipinski definition) is 3. The molecule has 5 heteroatoms. The lowest BCUT2D eigenvalue weighted by Crippen LogP contribution is -2.30. The molecule has 0 aliphatic rings. The van der Waals surface area contributed by atoms with Gasteiger partial charge in [0.15, 0.2) is 0 Å². The SMILES string of the molecule is CC(=NNC(=O)OC(C)(C)C)c1cccc(Br)c1. The first-order valence-electron chi connectivity index (χ1n) is 5.57. The zero-order valence-corrected chi connectivity index (χ0v) is 12.5. The molecule has 18 heavy (non-hydrogen) atoms. The fourth-order valence-electron chi connectivity index (χ4n) is 1.21. The van der Waals surface area contributed by atoms with Crippen molar-refractivity contribution in [2.45, 2.75) is 33.3 Å². The number of amides is 1. The Morgan fingerprint density at radius 2 is 2.06 bits per heavy atom. The first-order valence-corrected chi connectivity index (χ1v) is 6.36. The summed E-state index contributed by atoms with van der Waals surface area (Å²) in [6.07, 6.45) is -0.558. The Kier molecular flexibility index (Phi) is 4.90. The van der Waals surface area contributed by atoms with Crippen LogP contribution >= 0.6 is 15.9 Å². The van der Waals surface area contributed by atoms with Crippen molar-refractivity contribution in [2.75, 3.05) is 0 Å². The largest absolute Gasteiger partial charge is 0.443 e. The van der Waals surface area contributed by atoms with Crippen LogP contribution in [-0.4, -0.2) is 17.4 Å². The summed E-state index contributed by atoms with van der Waals surface area (Å²) in [5.41, 5.74) is 3.49. The van der Waals surface area contributed by atoms with E-state index in [0.29, 0.717) is 5.71 Å². The zero-order chi connectivity index (χ0) is 13.8. The van der Waals surface area contributed by atoms with Crippen molar-refractivity contribution < 1.29 is 9.53 Å². The van der Waals surface area contributed by atoms with Gasteiger partial charge in [-0.2, -0.15) is 5.10 Å². The molecule has 4 nitrogen and oxygen atoms in total. The second kappa shape index (κ2) is 6.00. The maximum atomic E-state index is 11.4. The van der Waals surface area contributed by atoms with Crippen LogP contribution in [0.25, 0.3) is 0 Å². The molecule has 0 spiro atoms. The van der Waals surface area contributed by atoms with Gasteiger partial charge < -0.3 is 4.74 Å². The summed E-state index contributed by atoms with van der Waals surface area (Å²) in [7, 11) is 0. The number of rotatable bonds is 2. The van der Waals surface area contributed by atoms with Crippen LogP contribution in [0.15, 0.2) is 33.8 Å². The summed E-state index contributed by atoms with van der Waals surface area (Å²) in [5, 5.41) is 3.99. The molecule has 0 unspecified atom stereocenters. The van der Waals surface area contributed by atoms with Gasteiger partial charge in [0.2, 0.25) is 0 Å². The van der Waals surface area contributed by atoms with E-state index in [9.17, 15) is 4.79 Å². The van der Waals surface area contributed by atoms with Crippen LogP contribution in [0.5, 0.6) is 0 Å². The lowest BCUT2D eigenvalue weighted by atomic mass is 10.1. The summed E-state index contributed by atoms with van der Waals surface area (Å²) < 4.78 is 6.05. The van der Waals surface area contributed by atoms with Crippen LogP contribution in [0.3, 0.4) is 0 Å². The molecule has 0 aromatic heterocycles. The molecule has 0 saturated carbocycles. The molecule has 0 aliphatic heterocycles. The van der Waals surface area contributed by atoms with E-state index in [0.717, 1.165) is 10.0 Å². The quantitative estimate of drug-likeness (QED) is 0.668. The molecule has 0 saturated heterocycles. The fraction of sp³-hybridized carbons (Fsp3) is 0.385. The van der Waals surface area contributed by atoms with Crippen LogP contribution in [0.2, 0.25) is 0 Å². The second-order valence-corrected chi connectivity index (χ2v) is 5.74. The lowest BCUT2D eigenvalue weighted by Gasteiger charge is -2.18. The van der Waals surface area contributed by atoms with Crippen molar-refractivity contribution in [1.29, 1.82) is 0 Å². The predicted molar refractivity (Wildman–Crippen MR) is 75.7 cm³/mol. The van der Waals surface area contributed by atoms with Gasteiger partial charge in [0, 0.05) is 4.47 Å². The molecule has 1 amide bonds. The average Bonchev–Trinajstić information content (AvgIpc) is 2.23. The molecule has 98 valence electrons. The third-order valence-electron chi connectivity index (χ3n) is 1.96. The first kappa shape index (κ1) is 14.7. The number of benzene rings is 1. The Balaban J connectivity index is 2.65. The van der Waals surface area contributed by atoms with Crippen LogP contribution in [0, 0.1) is 0 Å². The molecule has 1 aromatic rings. The number of nitrogens with one attached hydrogen (secondary N) is 1. The molecule has 1 N–H and O–H groups in total. The minimum atomic E-state index is -0.558. The number of carbonyl (C=O) groups is 1. The summed E-state index contributed by atoms with van der Waals surface area (Å²) >= 11 is 3.38. The second-order valence-electron chi connectivity index (χ2n) is 4.82. The first-order chi connectivity index (χ1) is 8.28. The van der Waals surface area contributed by atoms with E-state index in [1.807, 2.05) is 31.2 Å². The van der Waals surface area contributed by atoms with Crippen molar-refractivity contribution >= 4 is 27.7 Å². The molecular weight excluding hydrogens is 296 g/mol. The fourth-order valence-corrected chi connectivity index (χ4v) is 1.61. The van der Waals surface area contributed by atoms with E-state index in [2.05, 4.69) is 26.5 Å². The molecule has 0 bridgehead atoms. The highest BCUT2D eigenvalue weighted by atomic mass is 79.9. The van der Waals surface area contributed by atoms with Gasteiger partial charge in [-0.25, -0.2) is 10.2 Å². The predicted octanol–water partition coefficient (Wildman–Crippen LogP) is 3.70. The standard InChI is InChI=1S/C13H17BrN2O2/c1-9(10-6-5-7-11(14)8-10)15-16-12(17)18-13(2,3)4/h5-8H,1-4H3,(H,16,17). The van der Waals surface area contributed by atoms with Crippen molar-refractivity contribution in [3.63, 3.8) is 0 Å². The Morgan fingerprint density at radius 1 is 1.39 bits per heavy atom. The number of nitrogens with zero attached hydrogens (tertiary/aromatic N) is 1. The number of hydrazone groups is 1. The third-order valence-corrected chi connectivity index (χ3v) is 2.45.